The predicted octanol–water partition coefficient (Wildman–Crippen LogP) is 2.01. The van der Waals surface area contributed by atoms with Gasteiger partial charge in [0.15, 0.2) is 0 Å². The smallest absolute Gasteiger partial charge is 0.308 e. The summed E-state index contributed by atoms with van der Waals surface area (Å²) in [5, 5.41) is 18.1. The van der Waals surface area contributed by atoms with E-state index in [1.165, 1.54) is 0 Å². The maximum atomic E-state index is 13.3. The zero-order valence-corrected chi connectivity index (χ0v) is 13.1. The molecule has 2 atom stereocenters. The lowest BCUT2D eigenvalue weighted by Gasteiger charge is -2.22. The van der Waals surface area contributed by atoms with Crippen molar-refractivity contribution in [1.29, 1.82) is 5.26 Å². The summed E-state index contributed by atoms with van der Waals surface area (Å²) in [5.41, 5.74) is -0.372. The topological polar surface area (TPSA) is 107 Å². The molecule has 0 bridgehead atoms. The van der Waals surface area contributed by atoms with Gasteiger partial charge in [-0.05, 0) is 31.0 Å². The summed E-state index contributed by atoms with van der Waals surface area (Å²) in [7, 11) is -4.02. The van der Waals surface area contributed by atoms with Crippen molar-refractivity contribution in [3.05, 3.63) is 29.6 Å². The summed E-state index contributed by atoms with van der Waals surface area (Å²) in [6, 6.07) is 3.80. The van der Waals surface area contributed by atoms with Gasteiger partial charge in [0.25, 0.3) is 0 Å². The molecule has 0 saturated heterocycles. The molecule has 0 aromatic heterocycles. The van der Waals surface area contributed by atoms with Crippen molar-refractivity contribution in [1.82, 2.24) is 4.72 Å². The molecule has 1 aliphatic rings. The van der Waals surface area contributed by atoms with E-state index in [4.69, 9.17) is 5.26 Å². The quantitative estimate of drug-likeness (QED) is 0.815. The van der Waals surface area contributed by atoms with Gasteiger partial charge in [-0.2, -0.15) is 5.26 Å². The van der Waals surface area contributed by atoms with Crippen LogP contribution in [0.1, 0.15) is 37.7 Å². The second-order valence-corrected chi connectivity index (χ2v) is 7.28. The molecule has 0 spiro atoms. The number of benzene rings is 1. The fourth-order valence-electron chi connectivity index (χ4n) is 2.77. The second kappa shape index (κ2) is 7.06. The highest BCUT2D eigenvalue weighted by Crippen LogP contribution is 2.25. The lowest BCUT2D eigenvalue weighted by Crippen LogP contribution is -2.42. The van der Waals surface area contributed by atoms with E-state index in [-0.39, 0.29) is 10.5 Å². The predicted molar refractivity (Wildman–Crippen MR) is 79.4 cm³/mol. The Morgan fingerprint density at radius 2 is 2.00 bits per heavy atom. The van der Waals surface area contributed by atoms with Crippen LogP contribution in [0, 0.1) is 23.1 Å². The zero-order valence-electron chi connectivity index (χ0n) is 12.3. The maximum absolute atomic E-state index is 13.3. The third-order valence-electron chi connectivity index (χ3n) is 4.01. The van der Waals surface area contributed by atoms with E-state index in [1.54, 1.807) is 6.07 Å². The van der Waals surface area contributed by atoms with E-state index in [1.807, 2.05) is 0 Å². The van der Waals surface area contributed by atoms with Crippen molar-refractivity contribution in [3.8, 4) is 6.07 Å². The summed E-state index contributed by atoms with van der Waals surface area (Å²) in [5.74, 6) is -2.62. The first-order valence-corrected chi connectivity index (χ1v) is 8.78. The fourth-order valence-corrected chi connectivity index (χ4v) is 4.11. The number of carboxylic acid groups (broad SMARTS) is 1. The lowest BCUT2D eigenvalue weighted by atomic mass is 9.96. The maximum Gasteiger partial charge on any atom is 0.308 e. The van der Waals surface area contributed by atoms with Crippen LogP contribution in [-0.2, 0) is 14.8 Å². The summed E-state index contributed by atoms with van der Waals surface area (Å²) < 4.78 is 40.6. The van der Waals surface area contributed by atoms with Gasteiger partial charge in [0.05, 0.1) is 16.4 Å². The minimum atomic E-state index is -4.02. The number of hydrogen-bond donors (Lipinski definition) is 2. The van der Waals surface area contributed by atoms with Gasteiger partial charge < -0.3 is 5.11 Å². The van der Waals surface area contributed by atoms with Crippen LogP contribution in [0.4, 0.5) is 4.39 Å². The number of carbonyl (C=O) groups is 1. The van der Waals surface area contributed by atoms with Crippen molar-refractivity contribution >= 4 is 16.0 Å². The number of nitrogens with one attached hydrogen (secondary N) is 1. The molecule has 0 heterocycles. The largest absolute Gasteiger partial charge is 0.481 e. The van der Waals surface area contributed by atoms with Crippen LogP contribution in [0.25, 0.3) is 0 Å². The summed E-state index contributed by atoms with van der Waals surface area (Å²) >= 11 is 0. The molecule has 124 valence electrons. The second-order valence-electron chi connectivity index (χ2n) is 5.56. The van der Waals surface area contributed by atoms with Crippen molar-refractivity contribution in [2.24, 2.45) is 5.92 Å². The van der Waals surface area contributed by atoms with E-state index in [0.717, 1.165) is 37.5 Å². The molecule has 8 heteroatoms. The number of halogens is 1. The van der Waals surface area contributed by atoms with Gasteiger partial charge in [0.1, 0.15) is 11.9 Å². The molecule has 0 radical (unpaired) electrons. The number of hydrogen-bond acceptors (Lipinski definition) is 4. The minimum absolute atomic E-state index is 0.246. The van der Waals surface area contributed by atoms with Crippen LogP contribution in [-0.4, -0.2) is 25.5 Å². The Bertz CT molecular complexity index is 742. The number of aliphatic carboxylic acids is 1. The van der Waals surface area contributed by atoms with E-state index in [9.17, 15) is 22.7 Å². The normalized spacial score (nSPS) is 22.1. The van der Waals surface area contributed by atoms with Gasteiger partial charge in [-0.3, -0.25) is 4.79 Å². The van der Waals surface area contributed by atoms with Gasteiger partial charge in [-0.1, -0.05) is 19.3 Å². The molecular weight excluding hydrogens is 323 g/mol. The van der Waals surface area contributed by atoms with Crippen LogP contribution in [0.5, 0.6) is 0 Å². The summed E-state index contributed by atoms with van der Waals surface area (Å²) in [4.78, 5) is 11.1. The first-order valence-electron chi connectivity index (χ1n) is 7.30. The molecule has 0 amide bonds. The Kier molecular flexibility index (Phi) is 5.34. The molecule has 1 aliphatic carbocycles. The number of rotatable bonds is 4. The SMILES string of the molecule is N#Cc1cc(S(=O)(=O)N[C@H]2CCCCC[C@H]2C(=O)O)ccc1F. The van der Waals surface area contributed by atoms with Crippen molar-refractivity contribution in [3.63, 3.8) is 0 Å². The third-order valence-corrected chi connectivity index (χ3v) is 5.50. The zero-order chi connectivity index (χ0) is 17.0. The van der Waals surface area contributed by atoms with Gasteiger partial charge in [0.2, 0.25) is 10.0 Å². The lowest BCUT2D eigenvalue weighted by molar-refractivity contribution is -0.142. The first kappa shape index (κ1) is 17.4. The Hall–Kier alpha value is -1.98. The molecule has 0 aliphatic heterocycles. The van der Waals surface area contributed by atoms with Crippen LogP contribution < -0.4 is 4.72 Å². The standard InChI is InChI=1S/C15H17FN2O4S/c16-13-7-6-11(8-10(13)9-17)23(21,22)18-14-5-3-1-2-4-12(14)15(19)20/h6-8,12,14,18H,1-5H2,(H,19,20)/t12-,14+/m1/s1. The Morgan fingerprint density at radius 1 is 1.30 bits per heavy atom. The molecule has 1 aromatic rings. The van der Waals surface area contributed by atoms with Crippen LogP contribution in [0.15, 0.2) is 23.1 Å². The number of sulfonamides is 1. The van der Waals surface area contributed by atoms with E-state index in [2.05, 4.69) is 4.72 Å². The van der Waals surface area contributed by atoms with Crippen molar-refractivity contribution in [2.45, 2.75) is 43.0 Å². The minimum Gasteiger partial charge on any atom is -0.481 e. The average Bonchev–Trinajstić information content (AvgIpc) is 2.72. The summed E-state index contributed by atoms with van der Waals surface area (Å²) in [6.45, 7) is 0. The highest BCUT2D eigenvalue weighted by Gasteiger charge is 2.33. The van der Waals surface area contributed by atoms with Gasteiger partial charge in [-0.25, -0.2) is 17.5 Å². The van der Waals surface area contributed by atoms with Crippen LogP contribution >= 0.6 is 0 Å². The number of carboxylic acids is 1. The average molecular weight is 340 g/mol. The highest BCUT2D eigenvalue weighted by atomic mass is 32.2. The van der Waals surface area contributed by atoms with Crippen molar-refractivity contribution in [2.75, 3.05) is 0 Å². The molecule has 2 N–H and O–H groups in total. The Labute approximate surface area is 134 Å². The monoisotopic (exact) mass is 340 g/mol. The van der Waals surface area contributed by atoms with E-state index >= 15 is 0 Å². The molecular formula is C15H17FN2O4S. The fraction of sp³-hybridized carbons (Fsp3) is 0.467. The summed E-state index contributed by atoms with van der Waals surface area (Å²) in [6.07, 6.45) is 3.18. The van der Waals surface area contributed by atoms with Crippen LogP contribution in [0.2, 0.25) is 0 Å². The van der Waals surface area contributed by atoms with Crippen LogP contribution in [0.3, 0.4) is 0 Å². The molecule has 2 rings (SSSR count). The molecule has 0 unspecified atom stereocenters. The number of nitrogens with zero attached hydrogens (tertiary/aromatic N) is 1. The molecule has 1 saturated carbocycles. The molecule has 1 aromatic carbocycles. The number of nitriles is 1. The van der Waals surface area contributed by atoms with E-state index in [0.29, 0.717) is 12.8 Å². The van der Waals surface area contributed by atoms with Crippen molar-refractivity contribution < 1.29 is 22.7 Å². The Morgan fingerprint density at radius 3 is 2.65 bits per heavy atom. The highest BCUT2D eigenvalue weighted by molar-refractivity contribution is 7.89. The molecule has 23 heavy (non-hydrogen) atoms. The van der Waals surface area contributed by atoms with Gasteiger partial charge in [0, 0.05) is 6.04 Å². The Balaban J connectivity index is 2.29. The first-order chi connectivity index (χ1) is 10.8. The van der Waals surface area contributed by atoms with E-state index < -0.39 is 33.8 Å². The van der Waals surface area contributed by atoms with Gasteiger partial charge >= 0.3 is 5.97 Å². The molecule has 1 fully saturated rings. The molecule has 6 nitrogen and oxygen atoms in total. The van der Waals surface area contributed by atoms with Gasteiger partial charge in [-0.15, -0.1) is 0 Å². The third kappa shape index (κ3) is 4.06.